The molecule has 0 saturated carbocycles. The van der Waals surface area contributed by atoms with Gasteiger partial charge in [0.1, 0.15) is 95.6 Å². The molecular weight excluding hydrogens is 1310 g/mol. The van der Waals surface area contributed by atoms with E-state index in [0.717, 1.165) is 84.4 Å². The molecule has 0 fully saturated rings. The summed E-state index contributed by atoms with van der Waals surface area (Å²) in [6.45, 7) is 10.1. The minimum Gasteiger partial charge on any atom is -0.0633 e. The van der Waals surface area contributed by atoms with Gasteiger partial charge in [0.2, 0.25) is 0 Å². The van der Waals surface area contributed by atoms with Crippen LogP contribution in [0, 0.1) is 47.4 Å². The van der Waals surface area contributed by atoms with E-state index in [4.69, 9.17) is 0 Å². The summed E-state index contributed by atoms with van der Waals surface area (Å²) in [5, 5.41) is 17.2. The molecule has 8 bridgehead atoms. The van der Waals surface area contributed by atoms with E-state index in [1.807, 2.05) is 0 Å². The fraction of sp³-hybridized carbons (Fsp3) is 0.149. The van der Waals surface area contributed by atoms with Crippen molar-refractivity contribution in [3.05, 3.63) is 338 Å². The van der Waals surface area contributed by atoms with Crippen LogP contribution in [-0.2, 0) is 0 Å². The van der Waals surface area contributed by atoms with Crippen molar-refractivity contribution in [2.45, 2.75) is 39.0 Å². The van der Waals surface area contributed by atoms with Gasteiger partial charge in [-0.3, -0.25) is 0 Å². The maximum absolute atomic E-state index is 3.99. The van der Waals surface area contributed by atoms with Gasteiger partial charge in [0.15, 0.2) is 0 Å². The van der Waals surface area contributed by atoms with Crippen molar-refractivity contribution >= 4 is 108 Å². The fourth-order valence-corrected chi connectivity index (χ4v) is 39.5. The Morgan fingerprint density at radius 1 is 0.220 bits per heavy atom. The first kappa shape index (κ1) is 66.9. The second-order valence-electron chi connectivity index (χ2n) is 28.3. The van der Waals surface area contributed by atoms with Gasteiger partial charge < -0.3 is 0 Å². The predicted molar refractivity (Wildman–Crippen MR) is 449 cm³/mol. The van der Waals surface area contributed by atoms with Gasteiger partial charge in [-0.25, -0.2) is 0 Å². The lowest BCUT2D eigenvalue weighted by Crippen LogP contribution is -2.49. The van der Waals surface area contributed by atoms with E-state index in [0.29, 0.717) is 0 Å². The first-order valence-corrected chi connectivity index (χ1v) is 50.1. The lowest BCUT2D eigenvalue weighted by atomic mass is 10.0. The molecule has 12 aromatic rings. The molecule has 0 amide bonds. The lowest BCUT2D eigenvalue weighted by molar-refractivity contribution is 0.894. The highest BCUT2D eigenvalue weighted by atomic mass is 31.2. The third kappa shape index (κ3) is 12.9. The average molecular weight is 1390 g/mol. The van der Waals surface area contributed by atoms with Crippen LogP contribution in [0.1, 0.15) is 35.1 Å². The van der Waals surface area contributed by atoms with Crippen LogP contribution in [0.15, 0.2) is 315 Å². The largest absolute Gasteiger partial charge is 0.129 e. The molecule has 0 atom stereocenters. The van der Waals surface area contributed by atoms with Crippen molar-refractivity contribution in [1.82, 2.24) is 0 Å². The van der Waals surface area contributed by atoms with Crippen LogP contribution in [0.2, 0.25) is 26.2 Å². The van der Waals surface area contributed by atoms with Gasteiger partial charge in [0, 0.05) is 22.3 Å². The summed E-state index contributed by atoms with van der Waals surface area (Å²) in [7, 11) is -12.9. The number of rotatable bonds is 8. The normalized spacial score (nSPS) is 16.7. The number of hydrogen-bond acceptors (Lipinski definition) is 0. The summed E-state index contributed by atoms with van der Waals surface area (Å²) in [6.07, 6.45) is 9.47. The summed E-state index contributed by atoms with van der Waals surface area (Å²) in [5.74, 6) is 31.3. The van der Waals surface area contributed by atoms with Crippen molar-refractivity contribution in [2.24, 2.45) is 0 Å². The van der Waals surface area contributed by atoms with Crippen molar-refractivity contribution in [3.8, 4) is 69.6 Å². The standard InChI is InChI=1S/C94H84P4Si2/c1-99(2)91-71-75-35-31-65-95(79-39-13-5-14-40-79,80-41-15-6-16-42-80)63-29-30-64-96(81-43-17-7-18-44-81,82-45-19-8-20-46-82)66-32-36-76-56-60-88-90-62-58-78(74-94(90)100(3,4)92(88)72-76)38-34-68-98(85-51-25-11-26-52-85,86-53-27-12-28-54-86)70-69-97(83-47-21-9-22-48-83,84-49-23-10-24-50-84)67-33-37-77-57-61-89(93(99)73-77)87(91)59-55-75/h5-28,39-62,71-74H,29-30,63-70H2,1-4H3/q+4. The summed E-state index contributed by atoms with van der Waals surface area (Å²) < 4.78 is 0. The zero-order chi connectivity index (χ0) is 68.0. The van der Waals surface area contributed by atoms with Crippen molar-refractivity contribution in [3.63, 3.8) is 0 Å². The van der Waals surface area contributed by atoms with Crippen LogP contribution in [0.5, 0.6) is 0 Å². The molecule has 484 valence electrons. The quantitative estimate of drug-likeness (QED) is 0.0808. The van der Waals surface area contributed by atoms with E-state index < -0.39 is 45.2 Å². The van der Waals surface area contributed by atoms with E-state index >= 15 is 0 Å². The summed E-state index contributed by atoms with van der Waals surface area (Å²) in [4.78, 5) is 0. The molecule has 12 aromatic carbocycles. The van der Waals surface area contributed by atoms with Gasteiger partial charge in [-0.1, -0.05) is 243 Å². The minimum atomic E-state index is -2.21. The Hall–Kier alpha value is -8.97. The van der Waals surface area contributed by atoms with Crippen LogP contribution in [0.25, 0.3) is 22.3 Å². The highest BCUT2D eigenvalue weighted by molar-refractivity contribution is 7.93. The Morgan fingerprint density at radius 2 is 0.400 bits per heavy atom. The zero-order valence-corrected chi connectivity index (χ0v) is 63.5. The molecule has 100 heavy (non-hydrogen) atoms. The second kappa shape index (κ2) is 28.9. The Balaban J connectivity index is 0.865. The fourth-order valence-electron chi connectivity index (χ4n) is 16.4. The van der Waals surface area contributed by atoms with Crippen molar-refractivity contribution in [1.29, 1.82) is 0 Å². The highest BCUT2D eigenvalue weighted by Gasteiger charge is 2.51. The number of hydrogen-bond donors (Lipinski definition) is 0. The van der Waals surface area contributed by atoms with Gasteiger partial charge in [-0.15, -0.1) is 0 Å². The van der Waals surface area contributed by atoms with E-state index in [1.165, 1.54) is 85.4 Å². The van der Waals surface area contributed by atoms with Gasteiger partial charge >= 0.3 is 0 Å². The molecule has 0 N–H and O–H groups in total. The van der Waals surface area contributed by atoms with Crippen LogP contribution in [0.3, 0.4) is 0 Å². The molecule has 0 nitrogen and oxygen atoms in total. The van der Waals surface area contributed by atoms with Crippen LogP contribution in [0.4, 0.5) is 0 Å². The van der Waals surface area contributed by atoms with Gasteiger partial charge in [0.25, 0.3) is 0 Å². The third-order valence-electron chi connectivity index (χ3n) is 21.9. The van der Waals surface area contributed by atoms with Gasteiger partial charge in [0.05, 0.1) is 41.4 Å². The topological polar surface area (TPSA) is 0 Å². The molecule has 3 aliphatic heterocycles. The van der Waals surface area contributed by atoms with Crippen LogP contribution >= 0.6 is 29.0 Å². The molecule has 0 saturated heterocycles. The summed E-state index contributed by atoms with van der Waals surface area (Å²) >= 11 is 0. The second-order valence-corrected chi connectivity index (χ2v) is 51.9. The average Bonchev–Trinajstić information content (AvgIpc) is 1.56. The van der Waals surface area contributed by atoms with E-state index in [2.05, 4.69) is 389 Å². The molecule has 3 aliphatic rings. The molecule has 3 heterocycles. The van der Waals surface area contributed by atoms with Crippen molar-refractivity contribution in [2.75, 3.05) is 49.3 Å². The number of benzene rings is 12. The van der Waals surface area contributed by atoms with Crippen molar-refractivity contribution < 1.29 is 0 Å². The monoisotopic (exact) mass is 1390 g/mol. The zero-order valence-electron chi connectivity index (χ0n) is 57.9. The molecule has 0 radical (unpaired) electrons. The maximum Gasteiger partial charge on any atom is 0.129 e. The highest BCUT2D eigenvalue weighted by Crippen LogP contribution is 2.64. The van der Waals surface area contributed by atoms with Crippen LogP contribution in [-0.4, -0.2) is 65.4 Å². The minimum absolute atomic E-state index is 0.768. The van der Waals surface area contributed by atoms with E-state index in [1.54, 1.807) is 0 Å². The predicted octanol–water partition coefficient (Wildman–Crippen LogP) is 15.9. The van der Waals surface area contributed by atoms with E-state index in [9.17, 15) is 0 Å². The van der Waals surface area contributed by atoms with Crippen LogP contribution < -0.4 is 63.2 Å². The molecule has 0 aromatic heterocycles. The summed E-state index contributed by atoms with van der Waals surface area (Å²) in [5.41, 5.74) is 9.79. The Labute approximate surface area is 599 Å². The Morgan fingerprint density at radius 3 is 0.590 bits per heavy atom. The first-order chi connectivity index (χ1) is 49.0. The smallest absolute Gasteiger partial charge is 0.0633 e. The molecule has 0 spiro atoms. The molecule has 0 aliphatic carbocycles. The Kier molecular flexibility index (Phi) is 19.4. The summed E-state index contributed by atoms with van der Waals surface area (Å²) in [6, 6.07) is 120. The Bertz CT molecular complexity index is 4720. The van der Waals surface area contributed by atoms with E-state index in [-0.39, 0.29) is 0 Å². The molecule has 0 unspecified atom stereocenters. The lowest BCUT2D eigenvalue weighted by Gasteiger charge is -2.30. The molecule has 6 heteroatoms. The SMILES string of the molecule is C[Si]1(C)c2cc3ccc2-c2ccc(cc21)C#CC[P+](c1ccccc1)(c1ccccc1)CC[P+](c1ccccc1)(c1ccccc1)CC#Cc1ccc2c(c1)[Si](C)(C)c1cc(ccc1-2)C#CC[P+](c1ccccc1)(c1ccccc1)CCCC[P+](c1ccccc1)(c1ccccc1)CC#C3. The third-order valence-corrected chi connectivity index (χ3v) is 46.5. The van der Waals surface area contributed by atoms with Gasteiger partial charge in [-0.2, -0.15) is 0 Å². The van der Waals surface area contributed by atoms with Gasteiger partial charge in [-0.05, 0) is 201 Å². The maximum atomic E-state index is 3.99. The first-order valence-electron chi connectivity index (χ1n) is 35.5. The number of fused-ring (bicyclic) bond motifs is 6. The molecular formula is C94H84P4Si2+4. The molecule has 15 rings (SSSR count).